The van der Waals surface area contributed by atoms with Crippen LogP contribution in [0, 0.1) is 0 Å². The lowest BCUT2D eigenvalue weighted by Crippen LogP contribution is -1.79. The van der Waals surface area contributed by atoms with E-state index in [1.807, 2.05) is 48.5 Å². The molecule has 0 aromatic heterocycles. The molecule has 0 bridgehead atoms. The van der Waals surface area contributed by atoms with Gasteiger partial charge in [-0.05, 0) is 71.8 Å². The maximum absolute atomic E-state index is 10.9. The zero-order valence-electron chi connectivity index (χ0n) is 17.7. The minimum Gasteiger partial charge on any atom is -0.507 e. The summed E-state index contributed by atoms with van der Waals surface area (Å²) in [5.74, 6) is -0.198. The van der Waals surface area contributed by atoms with Crippen LogP contribution in [-0.2, 0) is 0 Å². The molecule has 0 aliphatic rings. The third-order valence-electron chi connectivity index (χ3n) is 4.91. The van der Waals surface area contributed by atoms with E-state index in [0.717, 1.165) is 11.1 Å². The van der Waals surface area contributed by atoms with Crippen LogP contribution in [-0.4, -0.2) is 22.8 Å². The van der Waals surface area contributed by atoms with E-state index in [0.29, 0.717) is 35.3 Å². The van der Waals surface area contributed by atoms with Crippen LogP contribution < -0.4 is 0 Å². The zero-order valence-corrected chi connectivity index (χ0v) is 17.7. The number of rotatable bonds is 7. The Bertz CT molecular complexity index is 1290. The van der Waals surface area contributed by atoms with E-state index in [1.165, 1.54) is 24.3 Å². The fraction of sp³-hybridized carbons (Fsp3) is 0. The van der Waals surface area contributed by atoms with Crippen molar-refractivity contribution in [3.8, 4) is 22.6 Å². The van der Waals surface area contributed by atoms with Crippen molar-refractivity contribution in [3.63, 3.8) is 0 Å². The fourth-order valence-electron chi connectivity index (χ4n) is 3.07. The van der Waals surface area contributed by atoms with Crippen LogP contribution in [0.2, 0.25) is 0 Å². The highest BCUT2D eigenvalue weighted by atomic mass is 16.3. The molecule has 4 aromatic rings. The molecular formula is C26H18N4O4. The molecule has 0 atom stereocenters. The summed E-state index contributed by atoms with van der Waals surface area (Å²) in [6.45, 7) is 0. The Morgan fingerprint density at radius 3 is 1.15 bits per heavy atom. The van der Waals surface area contributed by atoms with Crippen LogP contribution in [0.4, 0.5) is 22.7 Å². The minimum absolute atomic E-state index is 0.0989. The number of azo groups is 2. The maximum atomic E-state index is 10.9. The molecule has 2 N–H and O–H groups in total. The Kier molecular flexibility index (Phi) is 6.60. The van der Waals surface area contributed by atoms with Crippen molar-refractivity contribution in [1.82, 2.24) is 0 Å². The van der Waals surface area contributed by atoms with Crippen LogP contribution in [0.15, 0.2) is 105 Å². The minimum atomic E-state index is -0.0989. The highest BCUT2D eigenvalue weighted by Crippen LogP contribution is 2.28. The van der Waals surface area contributed by atoms with Crippen LogP contribution in [0.3, 0.4) is 0 Å². The zero-order chi connectivity index (χ0) is 23.9. The number of aromatic hydroxyl groups is 2. The number of hydrogen-bond donors (Lipinski definition) is 2. The molecule has 0 aliphatic heterocycles. The van der Waals surface area contributed by atoms with Crippen LogP contribution in [0.5, 0.6) is 11.5 Å². The first-order valence-corrected chi connectivity index (χ1v) is 10.2. The van der Waals surface area contributed by atoms with Crippen molar-refractivity contribution in [1.29, 1.82) is 0 Å². The van der Waals surface area contributed by atoms with Gasteiger partial charge < -0.3 is 10.2 Å². The average molecular weight is 450 g/mol. The fourth-order valence-corrected chi connectivity index (χ4v) is 3.07. The SMILES string of the molecule is O=Cc1cc(N=Nc2ccc(-c3ccc(N=Nc4ccc(O)c(C=O)c4)cc3)cc2)ccc1O. The molecule has 4 aromatic carbocycles. The predicted molar refractivity (Wildman–Crippen MR) is 127 cm³/mol. The quantitative estimate of drug-likeness (QED) is 0.228. The topological polar surface area (TPSA) is 124 Å². The van der Waals surface area contributed by atoms with E-state index in [4.69, 9.17) is 0 Å². The molecule has 0 spiro atoms. The first-order chi connectivity index (χ1) is 16.6. The lowest BCUT2D eigenvalue weighted by atomic mass is 10.1. The Balaban J connectivity index is 1.44. The summed E-state index contributed by atoms with van der Waals surface area (Å²) in [5.41, 5.74) is 4.46. The van der Waals surface area contributed by atoms with Crippen LogP contribution >= 0.6 is 0 Å². The van der Waals surface area contributed by atoms with Gasteiger partial charge in [0.1, 0.15) is 11.5 Å². The second-order valence-electron chi connectivity index (χ2n) is 7.22. The molecule has 0 saturated heterocycles. The number of phenolic OH excluding ortho intramolecular Hbond substituents is 2. The lowest BCUT2D eigenvalue weighted by molar-refractivity contribution is 0.111. The molecule has 8 heteroatoms. The number of carbonyl (C=O) groups excluding carboxylic acids is 2. The highest BCUT2D eigenvalue weighted by molar-refractivity contribution is 5.81. The molecule has 0 aliphatic carbocycles. The van der Waals surface area contributed by atoms with Gasteiger partial charge in [0.25, 0.3) is 0 Å². The summed E-state index contributed by atoms with van der Waals surface area (Å²) in [4.78, 5) is 21.8. The van der Waals surface area contributed by atoms with Crippen molar-refractivity contribution >= 4 is 35.3 Å². The second kappa shape index (κ2) is 10.1. The summed E-state index contributed by atoms with van der Waals surface area (Å²) in [6, 6.07) is 23.8. The molecule has 34 heavy (non-hydrogen) atoms. The third-order valence-corrected chi connectivity index (χ3v) is 4.91. The first kappa shape index (κ1) is 22.2. The average Bonchev–Trinajstić information content (AvgIpc) is 2.88. The number of benzene rings is 4. The van der Waals surface area contributed by atoms with Gasteiger partial charge in [-0.15, -0.1) is 0 Å². The number of hydrogen-bond acceptors (Lipinski definition) is 8. The van der Waals surface area contributed by atoms with Gasteiger partial charge in [-0.2, -0.15) is 20.5 Å². The maximum Gasteiger partial charge on any atom is 0.153 e. The Labute approximate surface area is 194 Å². The Morgan fingerprint density at radius 1 is 0.471 bits per heavy atom. The lowest BCUT2D eigenvalue weighted by Gasteiger charge is -2.03. The van der Waals surface area contributed by atoms with Gasteiger partial charge in [0.05, 0.1) is 33.9 Å². The molecular weight excluding hydrogens is 432 g/mol. The smallest absolute Gasteiger partial charge is 0.153 e. The monoisotopic (exact) mass is 450 g/mol. The highest BCUT2D eigenvalue weighted by Gasteiger charge is 2.03. The molecule has 0 unspecified atom stereocenters. The van der Waals surface area contributed by atoms with Crippen molar-refractivity contribution in [2.75, 3.05) is 0 Å². The third kappa shape index (κ3) is 5.25. The number of carbonyl (C=O) groups is 2. The number of aldehydes is 2. The van der Waals surface area contributed by atoms with Crippen LogP contribution in [0.1, 0.15) is 20.7 Å². The van der Waals surface area contributed by atoms with Gasteiger partial charge in [-0.25, -0.2) is 0 Å². The second-order valence-corrected chi connectivity index (χ2v) is 7.22. The van der Waals surface area contributed by atoms with Gasteiger partial charge in [0, 0.05) is 0 Å². The van der Waals surface area contributed by atoms with Gasteiger partial charge in [0.15, 0.2) is 12.6 Å². The molecule has 4 rings (SSSR count). The molecule has 0 amide bonds. The van der Waals surface area contributed by atoms with E-state index in [-0.39, 0.29) is 22.6 Å². The van der Waals surface area contributed by atoms with Crippen molar-refractivity contribution in [2.24, 2.45) is 20.5 Å². The summed E-state index contributed by atoms with van der Waals surface area (Å²) in [5, 5.41) is 35.6. The first-order valence-electron chi connectivity index (χ1n) is 10.2. The van der Waals surface area contributed by atoms with Gasteiger partial charge in [-0.1, -0.05) is 24.3 Å². The standard InChI is InChI=1S/C26H18N4O4/c31-15-19-13-23(9-11-25(19)33)29-27-21-5-1-17(2-6-21)18-3-7-22(8-4-18)28-30-24-10-12-26(34)20(14-24)16-32/h1-16,33-34H. The van der Waals surface area contributed by atoms with Crippen LogP contribution in [0.25, 0.3) is 11.1 Å². The molecule has 8 nitrogen and oxygen atoms in total. The number of phenols is 2. The molecule has 0 saturated carbocycles. The summed E-state index contributed by atoms with van der Waals surface area (Å²) >= 11 is 0. The summed E-state index contributed by atoms with van der Waals surface area (Å²) in [6.07, 6.45) is 1.12. The molecule has 0 radical (unpaired) electrons. The van der Waals surface area contributed by atoms with E-state index in [2.05, 4.69) is 20.5 Å². The van der Waals surface area contributed by atoms with Crippen molar-refractivity contribution < 1.29 is 19.8 Å². The van der Waals surface area contributed by atoms with Crippen molar-refractivity contribution in [3.05, 3.63) is 96.1 Å². The number of nitrogens with zero attached hydrogens (tertiary/aromatic N) is 4. The van der Waals surface area contributed by atoms with Crippen molar-refractivity contribution in [2.45, 2.75) is 0 Å². The molecule has 166 valence electrons. The Hall–Kier alpha value is -4.98. The summed E-state index contributed by atoms with van der Waals surface area (Å²) < 4.78 is 0. The normalized spacial score (nSPS) is 11.2. The molecule has 0 heterocycles. The van der Waals surface area contributed by atoms with E-state index < -0.39 is 0 Å². The molecule has 0 fully saturated rings. The van der Waals surface area contributed by atoms with Gasteiger partial charge in [-0.3, -0.25) is 9.59 Å². The van der Waals surface area contributed by atoms with Gasteiger partial charge >= 0.3 is 0 Å². The largest absolute Gasteiger partial charge is 0.507 e. The summed E-state index contributed by atoms with van der Waals surface area (Å²) in [7, 11) is 0. The predicted octanol–water partition coefficient (Wildman–Crippen LogP) is 7.22. The van der Waals surface area contributed by atoms with Gasteiger partial charge in [0.2, 0.25) is 0 Å². The van der Waals surface area contributed by atoms with E-state index in [9.17, 15) is 19.8 Å². The Morgan fingerprint density at radius 2 is 0.794 bits per heavy atom. The van der Waals surface area contributed by atoms with E-state index in [1.54, 1.807) is 12.1 Å². The van der Waals surface area contributed by atoms with E-state index >= 15 is 0 Å².